The lowest BCUT2D eigenvalue weighted by molar-refractivity contribution is 0.0248. The van der Waals surface area contributed by atoms with Crippen LogP contribution in [0.5, 0.6) is 23.0 Å². The van der Waals surface area contributed by atoms with E-state index in [1.165, 1.54) is 18.3 Å². The van der Waals surface area contributed by atoms with Crippen LogP contribution in [-0.4, -0.2) is 28.4 Å². The zero-order chi connectivity index (χ0) is 20.3. The van der Waals surface area contributed by atoms with Crippen molar-refractivity contribution in [2.24, 2.45) is 32.9 Å². The van der Waals surface area contributed by atoms with Gasteiger partial charge in [0.1, 0.15) is 0 Å². The van der Waals surface area contributed by atoms with E-state index in [1.54, 1.807) is 30.3 Å². The molecule has 146 valence electrons. The lowest BCUT2D eigenvalue weighted by Gasteiger charge is -2.32. The minimum atomic E-state index is -0.904. The van der Waals surface area contributed by atoms with Gasteiger partial charge >= 0.3 is 0 Å². The fourth-order valence-electron chi connectivity index (χ4n) is 2.61. The monoisotopic (exact) mass is 384 g/mol. The highest BCUT2D eigenvalue weighted by atomic mass is 16.6. The third-order valence-electron chi connectivity index (χ3n) is 3.82. The number of fused-ring (bicyclic) bond motifs is 1. The maximum absolute atomic E-state index is 9.78. The molecular weight excluding hydrogens is 364 g/mol. The zero-order valence-electron chi connectivity index (χ0n) is 14.7. The lowest BCUT2D eigenvalue weighted by Crippen LogP contribution is -2.35. The van der Waals surface area contributed by atoms with Gasteiger partial charge < -0.3 is 42.6 Å². The van der Waals surface area contributed by atoms with E-state index in [4.69, 9.17) is 32.4 Å². The largest absolute Gasteiger partial charge is 0.504 e. The summed E-state index contributed by atoms with van der Waals surface area (Å²) < 4.78 is 11.9. The molecule has 0 aromatic heterocycles. The number of nitrogens with zero attached hydrogens (tertiary/aromatic N) is 2. The maximum Gasteiger partial charge on any atom is 0.234 e. The van der Waals surface area contributed by atoms with Crippen LogP contribution in [0.3, 0.4) is 0 Å². The standard InChI is InChI=1S/C18H20N6O4/c19-17(20)23-6-5-9-1-4-13-14(7-9)28-16(24-18(21)22)15(27-13)10-2-3-11(25)12(26)8-10/h1-8,15-16,25-26H,(H4,19,20,23)(H4,21,22,24)/b6-5+/t15-,16+/m0/s1. The van der Waals surface area contributed by atoms with Gasteiger partial charge in [0, 0.05) is 11.8 Å². The minimum absolute atomic E-state index is 0.0541. The molecule has 0 radical (unpaired) electrons. The molecule has 0 aliphatic carbocycles. The molecule has 3 rings (SSSR count). The Balaban J connectivity index is 1.95. The summed E-state index contributed by atoms with van der Waals surface area (Å²) in [6.07, 6.45) is 1.49. The molecule has 0 fully saturated rings. The van der Waals surface area contributed by atoms with Gasteiger partial charge in [0.05, 0.1) is 0 Å². The second-order valence-electron chi connectivity index (χ2n) is 5.92. The van der Waals surface area contributed by atoms with Crippen LogP contribution >= 0.6 is 0 Å². The number of ether oxygens (including phenoxy) is 2. The fraction of sp³-hybridized carbons (Fsp3) is 0.111. The maximum atomic E-state index is 9.78. The molecule has 2 aromatic carbocycles. The van der Waals surface area contributed by atoms with E-state index in [9.17, 15) is 10.2 Å². The summed E-state index contributed by atoms with van der Waals surface area (Å²) in [5, 5.41) is 19.3. The number of benzene rings is 2. The molecule has 0 bridgehead atoms. The Morgan fingerprint density at radius 1 is 0.893 bits per heavy atom. The molecule has 0 saturated carbocycles. The molecule has 1 heterocycles. The van der Waals surface area contributed by atoms with Crippen LogP contribution < -0.4 is 32.4 Å². The fourth-order valence-corrected chi connectivity index (χ4v) is 2.61. The van der Waals surface area contributed by atoms with Crippen molar-refractivity contribution < 1.29 is 19.7 Å². The van der Waals surface area contributed by atoms with Gasteiger partial charge in [0.2, 0.25) is 6.23 Å². The first-order chi connectivity index (χ1) is 13.3. The first-order valence-electron chi connectivity index (χ1n) is 8.17. The minimum Gasteiger partial charge on any atom is -0.504 e. The van der Waals surface area contributed by atoms with Crippen LogP contribution in [0.2, 0.25) is 0 Å². The molecule has 0 spiro atoms. The zero-order valence-corrected chi connectivity index (χ0v) is 14.7. The van der Waals surface area contributed by atoms with Crippen molar-refractivity contribution in [3.05, 3.63) is 53.7 Å². The van der Waals surface area contributed by atoms with Gasteiger partial charge in [-0.05, 0) is 35.9 Å². The van der Waals surface area contributed by atoms with E-state index >= 15 is 0 Å². The van der Waals surface area contributed by atoms with E-state index < -0.39 is 12.3 Å². The van der Waals surface area contributed by atoms with Gasteiger partial charge in [-0.25, -0.2) is 9.98 Å². The third-order valence-corrected chi connectivity index (χ3v) is 3.82. The van der Waals surface area contributed by atoms with Crippen molar-refractivity contribution >= 4 is 18.0 Å². The van der Waals surface area contributed by atoms with Crippen LogP contribution in [0.25, 0.3) is 6.08 Å². The number of hydrogen-bond acceptors (Lipinski definition) is 6. The summed E-state index contributed by atoms with van der Waals surface area (Å²) in [6, 6.07) is 9.49. The molecule has 10 nitrogen and oxygen atoms in total. The molecule has 2 aromatic rings. The van der Waals surface area contributed by atoms with Gasteiger partial charge in [-0.1, -0.05) is 12.1 Å². The van der Waals surface area contributed by atoms with Crippen LogP contribution in [0.1, 0.15) is 17.2 Å². The van der Waals surface area contributed by atoms with Crippen molar-refractivity contribution in [3.63, 3.8) is 0 Å². The highest BCUT2D eigenvalue weighted by Gasteiger charge is 2.33. The topological polar surface area (TPSA) is 188 Å². The van der Waals surface area contributed by atoms with Gasteiger partial charge in [0.25, 0.3) is 0 Å². The van der Waals surface area contributed by atoms with Crippen molar-refractivity contribution in [2.45, 2.75) is 12.3 Å². The van der Waals surface area contributed by atoms with E-state index in [0.717, 1.165) is 5.56 Å². The van der Waals surface area contributed by atoms with Crippen molar-refractivity contribution in [1.82, 2.24) is 0 Å². The van der Waals surface area contributed by atoms with Crippen LogP contribution in [0.4, 0.5) is 0 Å². The number of phenolic OH excluding ortho intramolecular Hbond substituents is 2. The van der Waals surface area contributed by atoms with Crippen molar-refractivity contribution in [3.8, 4) is 23.0 Å². The number of hydrogen-bond donors (Lipinski definition) is 6. The first-order valence-corrected chi connectivity index (χ1v) is 8.17. The molecule has 0 saturated heterocycles. The summed E-state index contributed by atoms with van der Waals surface area (Å²) in [6.45, 7) is 0. The summed E-state index contributed by atoms with van der Waals surface area (Å²) in [5.41, 5.74) is 22.9. The smallest absolute Gasteiger partial charge is 0.234 e. The molecule has 0 unspecified atom stereocenters. The third kappa shape index (κ3) is 4.18. The molecule has 2 atom stereocenters. The SMILES string of the molecule is NC(N)=N/C=C/c1ccc2c(c1)O[C@@H](N=C(N)N)[C@H](c1ccc(O)c(O)c1)O2. The second kappa shape index (κ2) is 7.66. The average Bonchev–Trinajstić information content (AvgIpc) is 2.62. The predicted octanol–water partition coefficient (Wildman–Crippen LogP) is 0.454. The number of nitrogens with two attached hydrogens (primary N) is 4. The van der Waals surface area contributed by atoms with Crippen LogP contribution in [0, 0.1) is 0 Å². The van der Waals surface area contributed by atoms with Crippen molar-refractivity contribution in [1.29, 1.82) is 0 Å². The molecule has 10 N–H and O–H groups in total. The Morgan fingerprint density at radius 2 is 1.68 bits per heavy atom. The summed E-state index contributed by atoms with van der Waals surface area (Å²) in [4.78, 5) is 7.84. The summed E-state index contributed by atoms with van der Waals surface area (Å²) in [5.74, 6) is 0.0854. The molecular formula is C18H20N6O4. The number of aromatic hydroxyl groups is 2. The first kappa shape index (κ1) is 18.7. The van der Waals surface area contributed by atoms with Crippen LogP contribution in [0.15, 0.2) is 52.6 Å². The number of phenols is 2. The number of guanidine groups is 2. The molecule has 1 aliphatic rings. The lowest BCUT2D eigenvalue weighted by atomic mass is 10.1. The van der Waals surface area contributed by atoms with E-state index in [-0.39, 0.29) is 23.4 Å². The average molecular weight is 384 g/mol. The quantitative estimate of drug-likeness (QED) is 0.249. The Hall–Kier alpha value is -4.08. The molecule has 0 amide bonds. The van der Waals surface area contributed by atoms with Crippen molar-refractivity contribution in [2.75, 3.05) is 0 Å². The normalized spacial score (nSPS) is 17.9. The highest BCUT2D eigenvalue weighted by molar-refractivity contribution is 5.77. The van der Waals surface area contributed by atoms with Gasteiger partial charge in [-0.2, -0.15) is 0 Å². The molecule has 1 aliphatic heterocycles. The Morgan fingerprint density at radius 3 is 2.36 bits per heavy atom. The Kier molecular flexibility index (Phi) is 5.12. The van der Waals surface area contributed by atoms with E-state index in [2.05, 4.69) is 9.98 Å². The van der Waals surface area contributed by atoms with E-state index in [0.29, 0.717) is 17.1 Å². The van der Waals surface area contributed by atoms with Crippen LogP contribution in [-0.2, 0) is 0 Å². The Bertz CT molecular complexity index is 965. The number of rotatable bonds is 4. The predicted molar refractivity (Wildman–Crippen MR) is 105 cm³/mol. The second-order valence-corrected chi connectivity index (χ2v) is 5.92. The molecule has 28 heavy (non-hydrogen) atoms. The van der Waals surface area contributed by atoms with Gasteiger partial charge in [0.15, 0.2) is 41.0 Å². The van der Waals surface area contributed by atoms with Gasteiger partial charge in [-0.3, -0.25) is 0 Å². The Labute approximate surface area is 160 Å². The summed E-state index contributed by atoms with van der Waals surface area (Å²) >= 11 is 0. The number of aliphatic imine (C=N–C) groups is 2. The van der Waals surface area contributed by atoms with E-state index in [1.807, 2.05) is 0 Å². The van der Waals surface area contributed by atoms with Gasteiger partial charge in [-0.15, -0.1) is 0 Å². The highest BCUT2D eigenvalue weighted by Crippen LogP contribution is 2.42. The summed E-state index contributed by atoms with van der Waals surface area (Å²) in [7, 11) is 0. The molecule has 10 heteroatoms.